The smallest absolute Gasteiger partial charge is 0.270 e. The third-order valence-corrected chi connectivity index (χ3v) is 6.04. The predicted octanol–water partition coefficient (Wildman–Crippen LogP) is 4.79. The SMILES string of the molecule is Cn1cc(-c2nc3nccc(-c4ccc(CNC(=O)c5ccc(C(C)(C)C)cn5)c(F)c4)c3[nH]2)cn1. The number of imidazole rings is 1. The van der Waals surface area contributed by atoms with Crippen LogP contribution in [0.25, 0.3) is 33.7 Å². The zero-order valence-corrected chi connectivity index (χ0v) is 20.5. The molecule has 0 radical (unpaired) electrons. The van der Waals surface area contributed by atoms with Gasteiger partial charge >= 0.3 is 0 Å². The molecule has 182 valence electrons. The molecule has 8 nitrogen and oxygen atoms in total. The molecular formula is C27H26FN7O. The predicted molar refractivity (Wildman–Crippen MR) is 136 cm³/mol. The summed E-state index contributed by atoms with van der Waals surface area (Å²) in [6.45, 7) is 6.30. The van der Waals surface area contributed by atoms with Gasteiger partial charge in [0, 0.05) is 43.3 Å². The average molecular weight is 484 g/mol. The maximum Gasteiger partial charge on any atom is 0.270 e. The molecule has 5 rings (SSSR count). The molecule has 0 saturated carbocycles. The number of nitrogens with one attached hydrogen (secondary N) is 2. The van der Waals surface area contributed by atoms with Gasteiger partial charge in [0.2, 0.25) is 0 Å². The van der Waals surface area contributed by atoms with Crippen LogP contribution in [-0.4, -0.2) is 35.6 Å². The number of fused-ring (bicyclic) bond motifs is 1. The van der Waals surface area contributed by atoms with E-state index in [1.165, 1.54) is 6.07 Å². The first-order valence-corrected chi connectivity index (χ1v) is 11.6. The standard InChI is InChI=1S/C27H26FN7O/c1-27(2,3)19-7-8-22(30-14-19)26(36)31-12-17-6-5-16(11-21(17)28)20-9-10-29-25-23(20)33-24(34-25)18-13-32-35(4)15-18/h5-11,13-15H,12H2,1-4H3,(H,31,36)(H,29,33,34). The molecule has 0 spiro atoms. The number of hydrogen-bond donors (Lipinski definition) is 2. The van der Waals surface area contributed by atoms with Crippen LogP contribution < -0.4 is 5.32 Å². The normalized spacial score (nSPS) is 11.7. The molecule has 2 N–H and O–H groups in total. The lowest BCUT2D eigenvalue weighted by Crippen LogP contribution is -2.24. The Balaban J connectivity index is 1.34. The Hall–Kier alpha value is -4.40. The number of nitrogens with zero attached hydrogens (tertiary/aromatic N) is 5. The van der Waals surface area contributed by atoms with E-state index in [2.05, 4.69) is 51.1 Å². The lowest BCUT2D eigenvalue weighted by Gasteiger charge is -2.18. The van der Waals surface area contributed by atoms with Crippen LogP contribution in [0, 0.1) is 5.82 Å². The number of aromatic amines is 1. The second-order valence-electron chi connectivity index (χ2n) is 9.72. The van der Waals surface area contributed by atoms with Gasteiger partial charge in [0.05, 0.1) is 17.3 Å². The fraction of sp³-hybridized carbons (Fsp3) is 0.222. The van der Waals surface area contributed by atoms with Crippen molar-refractivity contribution in [2.24, 2.45) is 7.05 Å². The minimum atomic E-state index is -0.416. The van der Waals surface area contributed by atoms with E-state index >= 15 is 4.39 Å². The summed E-state index contributed by atoms with van der Waals surface area (Å²) in [5.74, 6) is -0.127. The van der Waals surface area contributed by atoms with E-state index in [4.69, 9.17) is 0 Å². The number of carbonyl (C=O) groups is 1. The molecule has 0 saturated heterocycles. The topological polar surface area (TPSA) is 101 Å². The highest BCUT2D eigenvalue weighted by Crippen LogP contribution is 2.29. The summed E-state index contributed by atoms with van der Waals surface area (Å²) >= 11 is 0. The number of halogens is 1. The zero-order valence-electron chi connectivity index (χ0n) is 20.5. The molecule has 0 bridgehead atoms. The number of amides is 1. The zero-order chi connectivity index (χ0) is 25.4. The first-order valence-electron chi connectivity index (χ1n) is 11.6. The first kappa shape index (κ1) is 23.3. The lowest BCUT2D eigenvalue weighted by molar-refractivity contribution is 0.0945. The van der Waals surface area contributed by atoms with Gasteiger partial charge in [-0.3, -0.25) is 14.5 Å². The van der Waals surface area contributed by atoms with E-state index in [1.807, 2.05) is 31.4 Å². The number of pyridine rings is 2. The average Bonchev–Trinajstić information content (AvgIpc) is 3.48. The summed E-state index contributed by atoms with van der Waals surface area (Å²) in [6.07, 6.45) is 6.92. The molecule has 0 aliphatic carbocycles. The van der Waals surface area contributed by atoms with Crippen LogP contribution in [0.3, 0.4) is 0 Å². The minimum Gasteiger partial charge on any atom is -0.347 e. The van der Waals surface area contributed by atoms with Crippen LogP contribution in [-0.2, 0) is 19.0 Å². The number of benzene rings is 1. The Morgan fingerprint density at radius 3 is 2.58 bits per heavy atom. The van der Waals surface area contributed by atoms with Crippen LogP contribution in [0.4, 0.5) is 4.39 Å². The van der Waals surface area contributed by atoms with Gasteiger partial charge < -0.3 is 10.3 Å². The van der Waals surface area contributed by atoms with E-state index in [0.717, 1.165) is 16.7 Å². The highest BCUT2D eigenvalue weighted by atomic mass is 19.1. The molecule has 0 aliphatic heterocycles. The molecule has 9 heteroatoms. The summed E-state index contributed by atoms with van der Waals surface area (Å²) in [5, 5.41) is 6.93. The number of aryl methyl sites for hydroxylation is 1. The van der Waals surface area contributed by atoms with Crippen molar-refractivity contribution < 1.29 is 9.18 Å². The van der Waals surface area contributed by atoms with Gasteiger partial charge in [0.15, 0.2) is 5.65 Å². The fourth-order valence-electron chi connectivity index (χ4n) is 3.93. The first-order chi connectivity index (χ1) is 17.2. The molecule has 0 atom stereocenters. The fourth-order valence-corrected chi connectivity index (χ4v) is 3.93. The Morgan fingerprint density at radius 1 is 1.08 bits per heavy atom. The van der Waals surface area contributed by atoms with Gasteiger partial charge in [-0.25, -0.2) is 14.4 Å². The van der Waals surface area contributed by atoms with Gasteiger partial charge in [-0.2, -0.15) is 5.10 Å². The Kier molecular flexibility index (Phi) is 5.83. The summed E-state index contributed by atoms with van der Waals surface area (Å²) in [5.41, 5.74) is 5.19. The summed E-state index contributed by atoms with van der Waals surface area (Å²) < 4.78 is 16.7. The molecule has 5 aromatic rings. The minimum absolute atomic E-state index is 0.0502. The van der Waals surface area contributed by atoms with Crippen molar-refractivity contribution in [3.8, 4) is 22.5 Å². The van der Waals surface area contributed by atoms with Crippen molar-refractivity contribution >= 4 is 17.1 Å². The molecule has 0 aliphatic rings. The van der Waals surface area contributed by atoms with Crippen molar-refractivity contribution in [2.45, 2.75) is 32.7 Å². The van der Waals surface area contributed by atoms with E-state index in [1.54, 1.807) is 35.4 Å². The van der Waals surface area contributed by atoms with Crippen LogP contribution in [0.5, 0.6) is 0 Å². The van der Waals surface area contributed by atoms with Crippen molar-refractivity contribution in [3.63, 3.8) is 0 Å². The number of rotatable bonds is 5. The number of H-pyrrole nitrogens is 1. The van der Waals surface area contributed by atoms with Crippen molar-refractivity contribution in [2.75, 3.05) is 0 Å². The van der Waals surface area contributed by atoms with Crippen LogP contribution in [0.1, 0.15) is 42.4 Å². The maximum atomic E-state index is 15.0. The third kappa shape index (κ3) is 4.59. The molecule has 1 amide bonds. The van der Waals surface area contributed by atoms with E-state index < -0.39 is 5.82 Å². The number of hydrogen-bond acceptors (Lipinski definition) is 5. The van der Waals surface area contributed by atoms with E-state index in [0.29, 0.717) is 33.8 Å². The number of aromatic nitrogens is 6. The van der Waals surface area contributed by atoms with Gasteiger partial charge in [0.25, 0.3) is 5.91 Å². The Bertz CT molecular complexity index is 1560. The van der Waals surface area contributed by atoms with Gasteiger partial charge in [0.1, 0.15) is 17.3 Å². The molecule has 0 fully saturated rings. The summed E-state index contributed by atoms with van der Waals surface area (Å²) in [6, 6.07) is 10.3. The third-order valence-electron chi connectivity index (χ3n) is 6.04. The molecule has 0 unspecified atom stereocenters. The molecule has 4 aromatic heterocycles. The van der Waals surface area contributed by atoms with Crippen LogP contribution in [0.15, 0.2) is 61.2 Å². The largest absolute Gasteiger partial charge is 0.347 e. The van der Waals surface area contributed by atoms with Gasteiger partial charge in [-0.1, -0.05) is 39.0 Å². The van der Waals surface area contributed by atoms with Gasteiger partial charge in [-0.05, 0) is 34.7 Å². The highest BCUT2D eigenvalue weighted by molar-refractivity contribution is 5.92. The van der Waals surface area contributed by atoms with Crippen LogP contribution in [0.2, 0.25) is 0 Å². The summed E-state index contributed by atoms with van der Waals surface area (Å²) in [7, 11) is 1.84. The molecule has 4 heterocycles. The maximum absolute atomic E-state index is 15.0. The molecule has 1 aromatic carbocycles. The van der Waals surface area contributed by atoms with Gasteiger partial charge in [-0.15, -0.1) is 0 Å². The van der Waals surface area contributed by atoms with Crippen molar-refractivity contribution in [1.29, 1.82) is 0 Å². The van der Waals surface area contributed by atoms with Crippen LogP contribution >= 0.6 is 0 Å². The second-order valence-corrected chi connectivity index (χ2v) is 9.72. The lowest BCUT2D eigenvalue weighted by atomic mass is 9.88. The molecular weight excluding hydrogens is 457 g/mol. The number of carbonyl (C=O) groups excluding carboxylic acids is 1. The Morgan fingerprint density at radius 2 is 1.92 bits per heavy atom. The second kappa shape index (κ2) is 8.99. The van der Waals surface area contributed by atoms with E-state index in [9.17, 15) is 4.79 Å². The monoisotopic (exact) mass is 483 g/mol. The van der Waals surface area contributed by atoms with Crippen molar-refractivity contribution in [1.82, 2.24) is 35.0 Å². The summed E-state index contributed by atoms with van der Waals surface area (Å²) in [4.78, 5) is 29.0. The molecule has 36 heavy (non-hydrogen) atoms. The Labute approximate surface area is 207 Å². The van der Waals surface area contributed by atoms with Crippen molar-refractivity contribution in [3.05, 3.63) is 83.8 Å². The van der Waals surface area contributed by atoms with E-state index in [-0.39, 0.29) is 17.9 Å². The quantitative estimate of drug-likeness (QED) is 0.374. The highest BCUT2D eigenvalue weighted by Gasteiger charge is 2.17.